The van der Waals surface area contributed by atoms with Gasteiger partial charge in [0.2, 0.25) is 0 Å². The third kappa shape index (κ3) is 1.09. The maximum absolute atomic E-state index is 12.1. The van der Waals surface area contributed by atoms with Gasteiger partial charge in [0.1, 0.15) is 5.78 Å². The fourth-order valence-electron chi connectivity index (χ4n) is 4.01. The Morgan fingerprint density at radius 2 is 1.38 bits per heavy atom. The molecule has 4 bridgehead atoms. The highest BCUT2D eigenvalue weighted by atomic mass is 16.1. The molecule has 0 aliphatic heterocycles. The first kappa shape index (κ1) is 8.02. The van der Waals surface area contributed by atoms with Gasteiger partial charge in [-0.15, -0.1) is 0 Å². The molecule has 1 heteroatoms. The molecule has 72 valence electrons. The molecule has 0 heterocycles. The highest BCUT2D eigenvalue weighted by molar-refractivity contribution is 5.85. The molecule has 13 heavy (non-hydrogen) atoms. The molecule has 0 aromatic heterocycles. The average molecular weight is 178 g/mol. The van der Waals surface area contributed by atoms with Gasteiger partial charge in [-0.2, -0.15) is 0 Å². The predicted octanol–water partition coefficient (Wildman–Crippen LogP) is 2.79. The van der Waals surface area contributed by atoms with Gasteiger partial charge in [-0.3, -0.25) is 4.79 Å². The number of hydrogen-bond acceptors (Lipinski definition) is 1. The molecule has 0 N–H and O–H groups in total. The summed E-state index contributed by atoms with van der Waals surface area (Å²) in [6.45, 7) is 0. The highest BCUT2D eigenvalue weighted by Crippen LogP contribution is 2.50. The average Bonchev–Trinajstić information content (AvgIpc) is 2.51. The number of Topliss-reactive ketones (excluding diaryl/α,β-unsaturated/α-hetero) is 1. The van der Waals surface area contributed by atoms with Crippen LogP contribution in [-0.2, 0) is 4.79 Å². The maximum Gasteiger partial charge on any atom is 0.139 e. The number of fused-ring (bicyclic) bond motifs is 6. The van der Waals surface area contributed by atoms with Crippen molar-refractivity contribution in [2.75, 3.05) is 0 Å². The van der Waals surface area contributed by atoms with Crippen LogP contribution in [0.4, 0.5) is 0 Å². The van der Waals surface area contributed by atoms with Crippen LogP contribution >= 0.6 is 0 Å². The Kier molecular flexibility index (Phi) is 1.75. The fraction of sp³-hybridized carbons (Fsp3) is 0.917. The summed E-state index contributed by atoms with van der Waals surface area (Å²) >= 11 is 0. The summed E-state index contributed by atoms with van der Waals surface area (Å²) < 4.78 is 0. The van der Waals surface area contributed by atoms with Gasteiger partial charge >= 0.3 is 0 Å². The molecule has 4 atom stereocenters. The van der Waals surface area contributed by atoms with Crippen molar-refractivity contribution < 1.29 is 4.79 Å². The summed E-state index contributed by atoms with van der Waals surface area (Å²) in [4.78, 5) is 12.1. The Hall–Kier alpha value is -0.330. The minimum atomic E-state index is 0.492. The third-order valence-electron chi connectivity index (χ3n) is 4.66. The fourth-order valence-corrected chi connectivity index (χ4v) is 4.01. The molecule has 1 nitrogen and oxygen atoms in total. The van der Waals surface area contributed by atoms with Crippen molar-refractivity contribution in [3.05, 3.63) is 0 Å². The number of carbonyl (C=O) groups is 1. The van der Waals surface area contributed by atoms with Crippen LogP contribution in [-0.4, -0.2) is 5.78 Å². The summed E-state index contributed by atoms with van der Waals surface area (Å²) in [5.41, 5.74) is 0. The van der Waals surface area contributed by atoms with E-state index < -0.39 is 0 Å². The van der Waals surface area contributed by atoms with Crippen LogP contribution in [0.25, 0.3) is 0 Å². The summed E-state index contributed by atoms with van der Waals surface area (Å²) in [5.74, 6) is 3.24. The quantitative estimate of drug-likeness (QED) is 0.557. The molecule has 0 radical (unpaired) electrons. The van der Waals surface area contributed by atoms with E-state index in [1.807, 2.05) is 0 Å². The van der Waals surface area contributed by atoms with Crippen LogP contribution in [0.3, 0.4) is 0 Å². The Labute approximate surface area is 79.9 Å². The van der Waals surface area contributed by atoms with E-state index in [0.717, 1.165) is 11.8 Å². The maximum atomic E-state index is 12.1. The van der Waals surface area contributed by atoms with E-state index in [1.165, 1.54) is 44.9 Å². The van der Waals surface area contributed by atoms with Gasteiger partial charge in [-0.1, -0.05) is 12.8 Å². The largest absolute Gasteiger partial charge is 0.299 e. The van der Waals surface area contributed by atoms with Gasteiger partial charge in [0.25, 0.3) is 0 Å². The van der Waals surface area contributed by atoms with Gasteiger partial charge in [0.05, 0.1) is 0 Å². The molecule has 0 unspecified atom stereocenters. The van der Waals surface area contributed by atoms with E-state index in [4.69, 9.17) is 0 Å². The van der Waals surface area contributed by atoms with Crippen LogP contribution in [0, 0.1) is 23.7 Å². The number of hydrogen-bond donors (Lipinski definition) is 0. The van der Waals surface area contributed by atoms with Crippen LogP contribution in [0.5, 0.6) is 0 Å². The molecule has 0 aromatic rings. The lowest BCUT2D eigenvalue weighted by molar-refractivity contribution is -0.131. The minimum Gasteiger partial charge on any atom is -0.299 e. The van der Waals surface area contributed by atoms with Crippen molar-refractivity contribution in [3.63, 3.8) is 0 Å². The number of ketones is 1. The molecule has 3 saturated carbocycles. The van der Waals surface area contributed by atoms with Crippen molar-refractivity contribution in [1.29, 1.82) is 0 Å². The van der Waals surface area contributed by atoms with E-state index >= 15 is 0 Å². The van der Waals surface area contributed by atoms with E-state index in [2.05, 4.69) is 0 Å². The van der Waals surface area contributed by atoms with Gasteiger partial charge in [-0.25, -0.2) is 0 Å². The first-order valence-electron chi connectivity index (χ1n) is 5.90. The SMILES string of the molecule is O=C1[C@H]2CCCC[C@H]1[C@H]1CC[C@H]2C1. The van der Waals surface area contributed by atoms with Gasteiger partial charge in [0, 0.05) is 11.8 Å². The number of rotatable bonds is 0. The standard InChI is InChI=1S/C12H18O/c13-12-10-3-1-2-4-11(12)9-6-5-8(10)7-9/h8-11H,1-7H2/t8-,9-,10-,11-/m0/s1. The zero-order valence-electron chi connectivity index (χ0n) is 8.17. The summed E-state index contributed by atoms with van der Waals surface area (Å²) in [6, 6.07) is 0. The molecule has 0 amide bonds. The van der Waals surface area contributed by atoms with Crippen molar-refractivity contribution in [2.24, 2.45) is 23.7 Å². The smallest absolute Gasteiger partial charge is 0.139 e. The Morgan fingerprint density at radius 1 is 0.846 bits per heavy atom. The normalized spacial score (nSPS) is 49.1. The Bertz CT molecular complexity index is 211. The zero-order chi connectivity index (χ0) is 8.84. The van der Waals surface area contributed by atoms with Crippen molar-refractivity contribution in [2.45, 2.75) is 44.9 Å². The van der Waals surface area contributed by atoms with E-state index in [9.17, 15) is 4.79 Å². The molecule has 3 aliphatic carbocycles. The summed E-state index contributed by atoms with van der Waals surface area (Å²) in [5, 5.41) is 0. The lowest BCUT2D eigenvalue weighted by atomic mass is 9.72. The topological polar surface area (TPSA) is 17.1 Å². The molecule has 3 rings (SSSR count). The molecule has 0 aromatic carbocycles. The van der Waals surface area contributed by atoms with Crippen LogP contribution in [0.1, 0.15) is 44.9 Å². The second kappa shape index (κ2) is 2.83. The van der Waals surface area contributed by atoms with Crippen LogP contribution < -0.4 is 0 Å². The summed E-state index contributed by atoms with van der Waals surface area (Å²) in [6.07, 6.45) is 9.17. The van der Waals surface area contributed by atoms with Gasteiger partial charge < -0.3 is 0 Å². The molecule has 3 aliphatic rings. The Morgan fingerprint density at radius 3 is 1.92 bits per heavy atom. The van der Waals surface area contributed by atoms with Gasteiger partial charge in [0.15, 0.2) is 0 Å². The van der Waals surface area contributed by atoms with E-state index in [0.29, 0.717) is 17.6 Å². The monoisotopic (exact) mass is 178 g/mol. The molecular formula is C12H18O. The second-order valence-corrected chi connectivity index (χ2v) is 5.23. The Balaban J connectivity index is 1.95. The van der Waals surface area contributed by atoms with E-state index in [-0.39, 0.29) is 0 Å². The first-order chi connectivity index (χ1) is 6.36. The first-order valence-corrected chi connectivity index (χ1v) is 5.90. The third-order valence-corrected chi connectivity index (χ3v) is 4.66. The molecule has 0 saturated heterocycles. The van der Waals surface area contributed by atoms with Gasteiger partial charge in [-0.05, 0) is 43.9 Å². The minimum absolute atomic E-state index is 0.492. The lowest BCUT2D eigenvalue weighted by Crippen LogP contribution is -2.34. The van der Waals surface area contributed by atoms with Crippen LogP contribution in [0.15, 0.2) is 0 Å². The van der Waals surface area contributed by atoms with E-state index in [1.54, 1.807) is 0 Å². The highest BCUT2D eigenvalue weighted by Gasteiger charge is 2.47. The van der Waals surface area contributed by atoms with Crippen molar-refractivity contribution in [1.82, 2.24) is 0 Å². The lowest BCUT2D eigenvalue weighted by Gasteiger charge is -2.31. The summed E-state index contributed by atoms with van der Waals surface area (Å²) in [7, 11) is 0. The predicted molar refractivity (Wildman–Crippen MR) is 51.3 cm³/mol. The molecule has 0 spiro atoms. The molecular weight excluding hydrogens is 160 g/mol. The number of carbonyl (C=O) groups excluding carboxylic acids is 1. The van der Waals surface area contributed by atoms with Crippen LogP contribution in [0.2, 0.25) is 0 Å². The second-order valence-electron chi connectivity index (χ2n) is 5.23. The van der Waals surface area contributed by atoms with Crippen molar-refractivity contribution >= 4 is 5.78 Å². The van der Waals surface area contributed by atoms with Crippen molar-refractivity contribution in [3.8, 4) is 0 Å². The molecule has 3 fully saturated rings. The zero-order valence-corrected chi connectivity index (χ0v) is 8.17.